The Balaban J connectivity index is 2.26. The molecule has 0 saturated heterocycles. The fourth-order valence-corrected chi connectivity index (χ4v) is 2.79. The van der Waals surface area contributed by atoms with Crippen LogP contribution in [0.15, 0.2) is 39.9 Å². The van der Waals surface area contributed by atoms with Crippen LogP contribution in [-0.4, -0.2) is 38.6 Å². The maximum atomic E-state index is 12.6. The monoisotopic (exact) mass is 341 g/mol. The Morgan fingerprint density at radius 2 is 1.72 bits per heavy atom. The first-order chi connectivity index (χ1) is 11.8. The number of anilines is 1. The number of rotatable bonds is 4. The molecule has 1 aromatic carbocycles. The second kappa shape index (κ2) is 6.04. The third kappa shape index (κ3) is 2.65. The van der Waals surface area contributed by atoms with Gasteiger partial charge >= 0.3 is 5.69 Å². The zero-order valence-electron chi connectivity index (χ0n) is 14.6. The van der Waals surface area contributed by atoms with Crippen molar-refractivity contribution in [2.45, 2.75) is 6.54 Å². The first kappa shape index (κ1) is 16.7. The van der Waals surface area contributed by atoms with Crippen molar-refractivity contribution in [2.75, 3.05) is 19.0 Å². The van der Waals surface area contributed by atoms with Gasteiger partial charge in [0.15, 0.2) is 16.9 Å². The minimum absolute atomic E-state index is 0.0402. The largest absolute Gasteiger partial charge is 0.348 e. The molecule has 0 spiro atoms. The number of ketones is 1. The molecule has 8 heteroatoms. The summed E-state index contributed by atoms with van der Waals surface area (Å²) in [5.41, 5.74) is 0.118. The number of Topliss-reactive ketones (excluding diaryl/α,β-unsaturated/α-hetero) is 1. The van der Waals surface area contributed by atoms with E-state index in [9.17, 15) is 14.4 Å². The molecule has 0 N–H and O–H groups in total. The standard InChI is InChI=1S/C17H19N5O3/c1-19(2)16-18-14-13(15(24)21(4)17(25)20(14)3)22(16)10-12(23)11-8-6-5-7-9-11/h5-9H,10H2,1-4H3. The summed E-state index contributed by atoms with van der Waals surface area (Å²) in [6.45, 7) is -0.0402. The second-order valence-corrected chi connectivity index (χ2v) is 6.06. The van der Waals surface area contributed by atoms with Crippen LogP contribution in [0, 0.1) is 0 Å². The highest BCUT2D eigenvalue weighted by atomic mass is 16.2. The van der Waals surface area contributed by atoms with Crippen LogP contribution in [0.4, 0.5) is 5.95 Å². The lowest BCUT2D eigenvalue weighted by Gasteiger charge is -2.14. The van der Waals surface area contributed by atoms with Crippen LogP contribution < -0.4 is 16.1 Å². The van der Waals surface area contributed by atoms with Gasteiger partial charge in [0.2, 0.25) is 5.95 Å². The maximum absolute atomic E-state index is 12.6. The fourth-order valence-electron chi connectivity index (χ4n) is 2.79. The van der Waals surface area contributed by atoms with Gasteiger partial charge < -0.3 is 4.90 Å². The van der Waals surface area contributed by atoms with Gasteiger partial charge in [-0.05, 0) is 0 Å². The smallest absolute Gasteiger partial charge is 0.332 e. The van der Waals surface area contributed by atoms with Crippen molar-refractivity contribution in [1.82, 2.24) is 18.7 Å². The molecule has 8 nitrogen and oxygen atoms in total. The molecule has 0 aliphatic carbocycles. The van der Waals surface area contributed by atoms with Crippen molar-refractivity contribution in [3.63, 3.8) is 0 Å². The van der Waals surface area contributed by atoms with E-state index >= 15 is 0 Å². The van der Waals surface area contributed by atoms with E-state index in [1.54, 1.807) is 54.9 Å². The molecule has 2 aromatic heterocycles. The SMILES string of the molecule is CN(C)c1nc2c(c(=O)n(C)c(=O)n2C)n1CC(=O)c1ccccc1. The number of carbonyl (C=O) groups excluding carboxylic acids is 1. The van der Waals surface area contributed by atoms with Crippen LogP contribution in [0.3, 0.4) is 0 Å². The first-order valence-corrected chi connectivity index (χ1v) is 7.74. The predicted molar refractivity (Wildman–Crippen MR) is 95.3 cm³/mol. The third-order valence-electron chi connectivity index (χ3n) is 4.13. The molecular formula is C17H19N5O3. The number of nitrogens with zero attached hydrogens (tertiary/aromatic N) is 5. The first-order valence-electron chi connectivity index (χ1n) is 7.74. The Morgan fingerprint density at radius 1 is 1.08 bits per heavy atom. The lowest BCUT2D eigenvalue weighted by Crippen LogP contribution is -2.37. The molecule has 2 heterocycles. The number of imidazole rings is 1. The third-order valence-corrected chi connectivity index (χ3v) is 4.13. The molecule has 0 saturated carbocycles. The number of carbonyl (C=O) groups is 1. The van der Waals surface area contributed by atoms with E-state index in [0.29, 0.717) is 11.5 Å². The van der Waals surface area contributed by atoms with Crippen molar-refractivity contribution in [2.24, 2.45) is 14.1 Å². The Kier molecular flexibility index (Phi) is 4.03. The molecule has 130 valence electrons. The Morgan fingerprint density at radius 3 is 2.32 bits per heavy atom. The molecule has 0 aliphatic heterocycles. The molecule has 0 radical (unpaired) electrons. The number of fused-ring (bicyclic) bond motifs is 1. The Labute approximate surface area is 143 Å². The van der Waals surface area contributed by atoms with Gasteiger partial charge in [-0.3, -0.25) is 23.3 Å². The van der Waals surface area contributed by atoms with Crippen molar-refractivity contribution in [1.29, 1.82) is 0 Å². The molecule has 3 aromatic rings. The van der Waals surface area contributed by atoms with Crippen LogP contribution in [0.1, 0.15) is 10.4 Å². The molecule has 0 atom stereocenters. The van der Waals surface area contributed by atoms with E-state index in [0.717, 1.165) is 4.57 Å². The van der Waals surface area contributed by atoms with Crippen LogP contribution in [0.2, 0.25) is 0 Å². The van der Waals surface area contributed by atoms with Gasteiger partial charge in [-0.15, -0.1) is 0 Å². The van der Waals surface area contributed by atoms with E-state index in [-0.39, 0.29) is 23.5 Å². The summed E-state index contributed by atoms with van der Waals surface area (Å²) < 4.78 is 3.90. The lowest BCUT2D eigenvalue weighted by molar-refractivity contribution is 0.0973. The fraction of sp³-hybridized carbons (Fsp3) is 0.294. The van der Waals surface area contributed by atoms with Crippen LogP contribution in [0.25, 0.3) is 11.2 Å². The zero-order valence-corrected chi connectivity index (χ0v) is 14.6. The summed E-state index contributed by atoms with van der Waals surface area (Å²) in [5, 5.41) is 0. The normalized spacial score (nSPS) is 11.0. The van der Waals surface area contributed by atoms with Crippen molar-refractivity contribution in [3.05, 3.63) is 56.7 Å². The van der Waals surface area contributed by atoms with Gasteiger partial charge in [0.05, 0.1) is 6.54 Å². The lowest BCUT2D eigenvalue weighted by atomic mass is 10.1. The van der Waals surface area contributed by atoms with E-state index in [4.69, 9.17) is 0 Å². The molecule has 0 aliphatic rings. The topological polar surface area (TPSA) is 82.1 Å². The Bertz CT molecular complexity index is 1070. The van der Waals surface area contributed by atoms with Crippen molar-refractivity contribution >= 4 is 22.9 Å². The molecule has 0 bridgehead atoms. The number of aromatic nitrogens is 4. The van der Waals surface area contributed by atoms with Crippen LogP contribution >= 0.6 is 0 Å². The van der Waals surface area contributed by atoms with E-state index in [1.807, 2.05) is 6.07 Å². The average Bonchev–Trinajstić information content (AvgIpc) is 2.98. The summed E-state index contributed by atoms with van der Waals surface area (Å²) in [6, 6.07) is 8.86. The Hall–Kier alpha value is -3.16. The molecule has 0 fully saturated rings. The summed E-state index contributed by atoms with van der Waals surface area (Å²) >= 11 is 0. The summed E-state index contributed by atoms with van der Waals surface area (Å²) in [6.07, 6.45) is 0. The predicted octanol–water partition coefficient (Wildman–Crippen LogP) is 0.383. The second-order valence-electron chi connectivity index (χ2n) is 6.06. The summed E-state index contributed by atoms with van der Waals surface area (Å²) in [4.78, 5) is 43.5. The van der Waals surface area contributed by atoms with Crippen molar-refractivity contribution < 1.29 is 4.79 Å². The van der Waals surface area contributed by atoms with Gasteiger partial charge in [0.25, 0.3) is 5.56 Å². The van der Waals surface area contributed by atoms with Crippen LogP contribution in [0.5, 0.6) is 0 Å². The molecular weight excluding hydrogens is 322 g/mol. The highest BCUT2D eigenvalue weighted by Crippen LogP contribution is 2.18. The molecule has 0 unspecified atom stereocenters. The van der Waals surface area contributed by atoms with Gasteiger partial charge in [0, 0.05) is 33.8 Å². The number of benzene rings is 1. The van der Waals surface area contributed by atoms with E-state index in [1.165, 1.54) is 11.6 Å². The van der Waals surface area contributed by atoms with E-state index < -0.39 is 11.2 Å². The number of aryl methyl sites for hydroxylation is 1. The van der Waals surface area contributed by atoms with Crippen LogP contribution in [-0.2, 0) is 20.6 Å². The highest BCUT2D eigenvalue weighted by Gasteiger charge is 2.22. The van der Waals surface area contributed by atoms with Gasteiger partial charge in [-0.25, -0.2) is 4.79 Å². The summed E-state index contributed by atoms with van der Waals surface area (Å²) in [5.74, 6) is 0.302. The highest BCUT2D eigenvalue weighted by molar-refractivity contribution is 5.96. The van der Waals surface area contributed by atoms with Gasteiger partial charge in [-0.2, -0.15) is 4.98 Å². The molecule has 25 heavy (non-hydrogen) atoms. The number of hydrogen-bond acceptors (Lipinski definition) is 5. The molecule has 0 amide bonds. The maximum Gasteiger partial charge on any atom is 0.332 e. The average molecular weight is 341 g/mol. The van der Waals surface area contributed by atoms with Crippen molar-refractivity contribution in [3.8, 4) is 0 Å². The van der Waals surface area contributed by atoms with E-state index in [2.05, 4.69) is 4.98 Å². The minimum atomic E-state index is -0.473. The minimum Gasteiger partial charge on any atom is -0.348 e. The molecule has 3 rings (SSSR count). The quantitative estimate of drug-likeness (QED) is 0.641. The summed E-state index contributed by atoms with van der Waals surface area (Å²) in [7, 11) is 6.51. The number of hydrogen-bond donors (Lipinski definition) is 0. The van der Waals surface area contributed by atoms with Gasteiger partial charge in [-0.1, -0.05) is 30.3 Å². The zero-order chi connectivity index (χ0) is 18.3. The van der Waals surface area contributed by atoms with Gasteiger partial charge in [0.1, 0.15) is 0 Å².